The molecule has 0 aliphatic rings. The summed E-state index contributed by atoms with van der Waals surface area (Å²) in [5, 5.41) is 7.06. The first-order valence-electron chi connectivity index (χ1n) is 7.43. The highest BCUT2D eigenvalue weighted by Crippen LogP contribution is 2.20. The number of hydrogen-bond donors (Lipinski definition) is 2. The largest absolute Gasteiger partial charge is 0.497 e. The lowest BCUT2D eigenvalue weighted by atomic mass is 10.2. The average Bonchev–Trinajstić information content (AvgIpc) is 2.98. The molecular formula is C16H17N5O3. The Labute approximate surface area is 137 Å². The highest BCUT2D eigenvalue weighted by molar-refractivity contribution is 5.91. The summed E-state index contributed by atoms with van der Waals surface area (Å²) < 4.78 is 6.53. The van der Waals surface area contributed by atoms with Crippen LogP contribution in [0.25, 0.3) is 17.2 Å². The third-order valence-corrected chi connectivity index (χ3v) is 3.46. The van der Waals surface area contributed by atoms with E-state index in [2.05, 4.69) is 20.4 Å². The van der Waals surface area contributed by atoms with Crippen molar-refractivity contribution in [2.45, 2.75) is 13.8 Å². The molecule has 8 nitrogen and oxygen atoms in total. The third kappa shape index (κ3) is 2.98. The zero-order chi connectivity index (χ0) is 17.3. The summed E-state index contributed by atoms with van der Waals surface area (Å²) in [4.78, 5) is 30.6. The van der Waals surface area contributed by atoms with Gasteiger partial charge < -0.3 is 10.1 Å². The van der Waals surface area contributed by atoms with Gasteiger partial charge in [-0.05, 0) is 24.3 Å². The fourth-order valence-electron chi connectivity index (χ4n) is 2.11. The van der Waals surface area contributed by atoms with Gasteiger partial charge in [-0.2, -0.15) is 9.50 Å². The maximum atomic E-state index is 11.9. The van der Waals surface area contributed by atoms with Gasteiger partial charge in [-0.25, -0.2) is 0 Å². The predicted octanol–water partition coefficient (Wildman–Crippen LogP) is 1.69. The number of anilines is 1. The van der Waals surface area contributed by atoms with Gasteiger partial charge in [0.25, 0.3) is 5.56 Å². The Morgan fingerprint density at radius 1 is 1.29 bits per heavy atom. The number of carbonyl (C=O) groups excluding carboxylic acids is 1. The zero-order valence-corrected chi connectivity index (χ0v) is 13.5. The number of fused-ring (bicyclic) bond motifs is 1. The first-order chi connectivity index (χ1) is 11.5. The molecule has 0 radical (unpaired) electrons. The van der Waals surface area contributed by atoms with Crippen molar-refractivity contribution in [3.63, 3.8) is 0 Å². The van der Waals surface area contributed by atoms with Crippen LogP contribution in [0.4, 0.5) is 5.82 Å². The molecule has 0 bridgehead atoms. The zero-order valence-electron chi connectivity index (χ0n) is 13.5. The molecule has 0 atom stereocenters. The smallest absolute Gasteiger partial charge is 0.254 e. The number of nitrogens with one attached hydrogen (secondary N) is 2. The standard InChI is InChI=1S/C16H17N5O3/c1-9(2)15(23)17-12-8-13(22)18-16-19-14(20-21(12)16)10-4-6-11(24-3)7-5-10/h4-9H,1-3H3,(H,17,23)(H,18,19,20,22). The van der Waals surface area contributed by atoms with Gasteiger partial charge in [0, 0.05) is 17.5 Å². The summed E-state index contributed by atoms with van der Waals surface area (Å²) >= 11 is 0. The summed E-state index contributed by atoms with van der Waals surface area (Å²) in [6.45, 7) is 3.54. The molecule has 0 aliphatic carbocycles. The van der Waals surface area contributed by atoms with Gasteiger partial charge in [-0.1, -0.05) is 13.8 Å². The number of benzene rings is 1. The van der Waals surface area contributed by atoms with Gasteiger partial charge in [0.15, 0.2) is 5.82 Å². The molecule has 0 saturated heterocycles. The molecular weight excluding hydrogens is 310 g/mol. The van der Waals surface area contributed by atoms with Crippen molar-refractivity contribution in [3.8, 4) is 17.1 Å². The topological polar surface area (TPSA) is 101 Å². The third-order valence-electron chi connectivity index (χ3n) is 3.46. The minimum absolute atomic E-state index is 0.205. The van der Waals surface area contributed by atoms with Crippen molar-refractivity contribution in [2.75, 3.05) is 12.4 Å². The molecule has 8 heteroatoms. The van der Waals surface area contributed by atoms with E-state index in [0.29, 0.717) is 5.82 Å². The van der Waals surface area contributed by atoms with Crippen molar-refractivity contribution in [2.24, 2.45) is 5.92 Å². The lowest BCUT2D eigenvalue weighted by molar-refractivity contribution is -0.118. The van der Waals surface area contributed by atoms with Crippen LogP contribution in [0.1, 0.15) is 13.8 Å². The lowest BCUT2D eigenvalue weighted by Gasteiger charge is -2.07. The first-order valence-corrected chi connectivity index (χ1v) is 7.43. The lowest BCUT2D eigenvalue weighted by Crippen LogP contribution is -2.22. The number of amides is 1. The van der Waals surface area contributed by atoms with Gasteiger partial charge in [-0.3, -0.25) is 14.6 Å². The number of methoxy groups -OCH3 is 1. The Morgan fingerprint density at radius 3 is 2.62 bits per heavy atom. The highest BCUT2D eigenvalue weighted by atomic mass is 16.5. The number of hydrogen-bond acceptors (Lipinski definition) is 5. The van der Waals surface area contributed by atoms with Gasteiger partial charge >= 0.3 is 0 Å². The summed E-state index contributed by atoms with van der Waals surface area (Å²) in [6.07, 6.45) is 0. The van der Waals surface area contributed by atoms with Crippen LogP contribution in [0.5, 0.6) is 5.75 Å². The summed E-state index contributed by atoms with van der Waals surface area (Å²) in [6, 6.07) is 8.51. The molecule has 0 saturated carbocycles. The van der Waals surface area contributed by atoms with E-state index in [4.69, 9.17) is 4.74 Å². The second kappa shape index (κ2) is 6.15. The van der Waals surface area contributed by atoms with E-state index in [-0.39, 0.29) is 29.0 Å². The molecule has 0 unspecified atom stereocenters. The van der Waals surface area contributed by atoms with E-state index >= 15 is 0 Å². The molecule has 3 rings (SSSR count). The molecule has 0 fully saturated rings. The van der Waals surface area contributed by atoms with Gasteiger partial charge in [0.2, 0.25) is 11.7 Å². The Balaban J connectivity index is 2.06. The minimum Gasteiger partial charge on any atom is -0.497 e. The van der Waals surface area contributed by atoms with Gasteiger partial charge in [0.1, 0.15) is 11.6 Å². The van der Waals surface area contributed by atoms with Crippen LogP contribution in [0.2, 0.25) is 0 Å². The fourth-order valence-corrected chi connectivity index (χ4v) is 2.11. The molecule has 1 aromatic carbocycles. The number of aromatic nitrogens is 4. The van der Waals surface area contributed by atoms with E-state index in [9.17, 15) is 9.59 Å². The van der Waals surface area contributed by atoms with Gasteiger partial charge in [0.05, 0.1) is 7.11 Å². The first kappa shape index (κ1) is 15.7. The van der Waals surface area contributed by atoms with Crippen molar-refractivity contribution >= 4 is 17.5 Å². The molecule has 1 amide bonds. The SMILES string of the molecule is COc1ccc(-c2nc3[nH]c(=O)cc(NC(=O)C(C)C)n3n2)cc1. The Hall–Kier alpha value is -3.16. The maximum absolute atomic E-state index is 11.9. The maximum Gasteiger partial charge on any atom is 0.254 e. The average molecular weight is 327 g/mol. The number of ether oxygens (including phenoxy) is 1. The number of carbonyl (C=O) groups is 1. The van der Waals surface area contributed by atoms with Crippen LogP contribution in [0, 0.1) is 5.92 Å². The molecule has 24 heavy (non-hydrogen) atoms. The van der Waals surface area contributed by atoms with E-state index in [1.54, 1.807) is 33.1 Å². The monoisotopic (exact) mass is 327 g/mol. The number of nitrogens with zero attached hydrogens (tertiary/aromatic N) is 3. The molecule has 2 aromatic heterocycles. The number of H-pyrrole nitrogens is 1. The minimum atomic E-state index is -0.366. The molecule has 3 aromatic rings. The van der Waals surface area contributed by atoms with Crippen molar-refractivity contribution in [1.82, 2.24) is 19.6 Å². The molecule has 2 N–H and O–H groups in total. The van der Waals surface area contributed by atoms with E-state index in [1.165, 1.54) is 10.6 Å². The van der Waals surface area contributed by atoms with Crippen LogP contribution < -0.4 is 15.6 Å². The highest BCUT2D eigenvalue weighted by Gasteiger charge is 2.14. The van der Waals surface area contributed by atoms with Crippen molar-refractivity contribution < 1.29 is 9.53 Å². The Morgan fingerprint density at radius 2 is 2.00 bits per heavy atom. The normalized spacial score (nSPS) is 11.0. The van der Waals surface area contributed by atoms with Crippen LogP contribution in [0.15, 0.2) is 35.1 Å². The Kier molecular flexibility index (Phi) is 4.03. The van der Waals surface area contributed by atoms with E-state index < -0.39 is 0 Å². The summed E-state index contributed by atoms with van der Waals surface area (Å²) in [5.41, 5.74) is 0.400. The molecule has 124 valence electrons. The van der Waals surface area contributed by atoms with Crippen LogP contribution in [-0.4, -0.2) is 32.6 Å². The molecule has 2 heterocycles. The summed E-state index contributed by atoms with van der Waals surface area (Å²) in [5.74, 6) is 1.26. The molecule has 0 spiro atoms. The van der Waals surface area contributed by atoms with Crippen molar-refractivity contribution in [1.29, 1.82) is 0 Å². The number of aromatic amines is 1. The van der Waals surface area contributed by atoms with Crippen LogP contribution in [0.3, 0.4) is 0 Å². The second-order valence-electron chi connectivity index (χ2n) is 5.56. The van der Waals surface area contributed by atoms with Gasteiger partial charge in [-0.15, -0.1) is 5.10 Å². The fraction of sp³-hybridized carbons (Fsp3) is 0.250. The van der Waals surface area contributed by atoms with Crippen LogP contribution >= 0.6 is 0 Å². The van der Waals surface area contributed by atoms with Crippen LogP contribution in [-0.2, 0) is 4.79 Å². The predicted molar refractivity (Wildman–Crippen MR) is 89.1 cm³/mol. The Bertz CT molecular complexity index is 940. The van der Waals surface area contributed by atoms with Crippen molar-refractivity contribution in [3.05, 3.63) is 40.7 Å². The quantitative estimate of drug-likeness (QED) is 0.759. The van der Waals surface area contributed by atoms with E-state index in [0.717, 1.165) is 11.3 Å². The van der Waals surface area contributed by atoms with E-state index in [1.807, 2.05) is 12.1 Å². The molecule has 0 aliphatic heterocycles. The number of rotatable bonds is 4. The summed E-state index contributed by atoms with van der Waals surface area (Å²) in [7, 11) is 1.59. The second-order valence-corrected chi connectivity index (χ2v) is 5.56.